The number of carbonyl (C=O) groups excluding carboxylic acids is 1. The Bertz CT molecular complexity index is 1250. The maximum Gasteiger partial charge on any atom is 0.251 e. The largest absolute Gasteiger partial charge is 0.396 e. The van der Waals surface area contributed by atoms with E-state index in [0.29, 0.717) is 40.4 Å². The maximum absolute atomic E-state index is 13.4. The molecule has 1 heterocycles. The third-order valence-corrected chi connectivity index (χ3v) is 5.78. The van der Waals surface area contributed by atoms with Gasteiger partial charge in [0.05, 0.1) is 5.56 Å². The summed E-state index contributed by atoms with van der Waals surface area (Å²) in [5.41, 5.74) is 8.35. The van der Waals surface area contributed by atoms with Gasteiger partial charge in [-0.2, -0.15) is 10.5 Å². The van der Waals surface area contributed by atoms with Crippen molar-refractivity contribution in [3.8, 4) is 23.3 Å². The summed E-state index contributed by atoms with van der Waals surface area (Å²) in [7, 11) is 0. The Hall–Kier alpha value is -3.92. The fourth-order valence-corrected chi connectivity index (χ4v) is 4.08. The van der Waals surface area contributed by atoms with Gasteiger partial charge in [-0.25, -0.2) is 9.37 Å². The summed E-state index contributed by atoms with van der Waals surface area (Å²) in [6, 6.07) is 16.6. The monoisotopic (exact) mass is 461 g/mol. The number of halogens is 1. The molecule has 33 heavy (non-hydrogen) atoms. The highest BCUT2D eigenvalue weighted by Crippen LogP contribution is 2.36. The number of benzene rings is 2. The van der Waals surface area contributed by atoms with Crippen molar-refractivity contribution in [2.45, 2.75) is 17.2 Å². The number of aromatic nitrogens is 1. The molecule has 1 amide bonds. The quantitative estimate of drug-likeness (QED) is 0.344. The Balaban J connectivity index is 1.90. The second kappa shape index (κ2) is 11.1. The van der Waals surface area contributed by atoms with Gasteiger partial charge >= 0.3 is 0 Å². The zero-order valence-electron chi connectivity index (χ0n) is 17.5. The number of nitrogens with two attached hydrogens (primary N) is 1. The van der Waals surface area contributed by atoms with Crippen molar-refractivity contribution in [1.29, 1.82) is 10.5 Å². The predicted molar refractivity (Wildman–Crippen MR) is 124 cm³/mol. The van der Waals surface area contributed by atoms with Crippen LogP contribution in [0.5, 0.6) is 0 Å². The molecule has 3 aromatic rings. The number of carbonyl (C=O) groups is 1. The number of thioether (sulfide) groups is 1. The summed E-state index contributed by atoms with van der Waals surface area (Å²) >= 11 is 1.25. The minimum Gasteiger partial charge on any atom is -0.396 e. The first-order valence-corrected chi connectivity index (χ1v) is 11.0. The van der Waals surface area contributed by atoms with Crippen molar-refractivity contribution in [2.24, 2.45) is 0 Å². The smallest absolute Gasteiger partial charge is 0.251 e. The molecule has 2 aromatic carbocycles. The zero-order chi connectivity index (χ0) is 23.8. The predicted octanol–water partition coefficient (Wildman–Crippen LogP) is 3.62. The highest BCUT2D eigenvalue weighted by Gasteiger charge is 2.20. The molecule has 9 heteroatoms. The fraction of sp³-hybridized carbons (Fsp3) is 0.167. The van der Waals surface area contributed by atoms with E-state index in [4.69, 9.17) is 10.8 Å². The van der Waals surface area contributed by atoms with Gasteiger partial charge in [0.15, 0.2) is 0 Å². The number of hydrogen-bond donors (Lipinski definition) is 3. The lowest BCUT2D eigenvalue weighted by molar-refractivity contribution is 0.0951. The molecule has 1 aromatic heterocycles. The van der Waals surface area contributed by atoms with Crippen LogP contribution in [0.4, 0.5) is 10.2 Å². The van der Waals surface area contributed by atoms with E-state index < -0.39 is 5.82 Å². The molecule has 0 aliphatic heterocycles. The Morgan fingerprint density at radius 3 is 2.55 bits per heavy atom. The Kier molecular flexibility index (Phi) is 7.98. The number of amides is 1. The molecular formula is C24H20FN5O2S. The average molecular weight is 462 g/mol. The topological polar surface area (TPSA) is 136 Å². The molecule has 0 spiro atoms. The molecule has 0 aliphatic carbocycles. The zero-order valence-corrected chi connectivity index (χ0v) is 18.3. The minimum absolute atomic E-state index is 0.00117. The van der Waals surface area contributed by atoms with Crippen molar-refractivity contribution < 1.29 is 14.3 Å². The van der Waals surface area contributed by atoms with Gasteiger partial charge in [0.2, 0.25) is 0 Å². The minimum atomic E-state index is -0.437. The van der Waals surface area contributed by atoms with Gasteiger partial charge < -0.3 is 16.2 Å². The van der Waals surface area contributed by atoms with E-state index in [1.54, 1.807) is 18.2 Å². The number of nitrogens with one attached hydrogen (secondary N) is 1. The molecule has 0 saturated heterocycles. The molecule has 0 saturated carbocycles. The van der Waals surface area contributed by atoms with Gasteiger partial charge in [-0.05, 0) is 41.8 Å². The highest BCUT2D eigenvalue weighted by atomic mass is 32.2. The van der Waals surface area contributed by atoms with Crippen molar-refractivity contribution in [2.75, 3.05) is 18.9 Å². The summed E-state index contributed by atoms with van der Waals surface area (Å²) in [5, 5.41) is 31.3. The first-order chi connectivity index (χ1) is 16.0. The van der Waals surface area contributed by atoms with Crippen LogP contribution in [0.25, 0.3) is 11.1 Å². The first-order valence-electron chi connectivity index (χ1n) is 9.99. The molecule has 0 fully saturated rings. The molecule has 3 rings (SSSR count). The molecular weight excluding hydrogens is 441 g/mol. The molecule has 0 atom stereocenters. The third kappa shape index (κ3) is 5.66. The Morgan fingerprint density at radius 1 is 1.15 bits per heavy atom. The van der Waals surface area contributed by atoms with Crippen LogP contribution in [0, 0.1) is 28.5 Å². The lowest BCUT2D eigenvalue weighted by Gasteiger charge is -2.13. The number of nitriles is 2. The number of nitrogens with zero attached hydrogens (tertiary/aromatic N) is 3. The van der Waals surface area contributed by atoms with Crippen LogP contribution >= 0.6 is 11.8 Å². The number of aliphatic hydroxyl groups is 1. The molecule has 166 valence electrons. The van der Waals surface area contributed by atoms with Crippen LogP contribution in [0.3, 0.4) is 0 Å². The maximum atomic E-state index is 13.4. The van der Waals surface area contributed by atoms with E-state index in [0.717, 1.165) is 5.56 Å². The van der Waals surface area contributed by atoms with Crippen LogP contribution < -0.4 is 11.1 Å². The Morgan fingerprint density at radius 2 is 1.88 bits per heavy atom. The van der Waals surface area contributed by atoms with Crippen molar-refractivity contribution in [3.05, 3.63) is 76.6 Å². The number of nitrogen functional groups attached to an aromatic ring is 1. The van der Waals surface area contributed by atoms with E-state index in [1.807, 2.05) is 12.1 Å². The van der Waals surface area contributed by atoms with E-state index >= 15 is 0 Å². The van der Waals surface area contributed by atoms with Crippen LogP contribution in [-0.2, 0) is 5.75 Å². The van der Waals surface area contributed by atoms with E-state index in [9.17, 15) is 19.7 Å². The first kappa shape index (κ1) is 23.7. The van der Waals surface area contributed by atoms with Crippen LogP contribution in [0.15, 0.2) is 53.6 Å². The number of hydrogen-bond acceptors (Lipinski definition) is 7. The van der Waals surface area contributed by atoms with E-state index in [1.165, 1.54) is 36.0 Å². The van der Waals surface area contributed by atoms with Gasteiger partial charge in [-0.3, -0.25) is 4.79 Å². The lowest BCUT2D eigenvalue weighted by atomic mass is 9.97. The molecule has 7 nitrogen and oxygen atoms in total. The molecule has 4 N–H and O–H groups in total. The second-order valence-electron chi connectivity index (χ2n) is 6.98. The summed E-state index contributed by atoms with van der Waals surface area (Å²) in [4.78, 5) is 16.5. The van der Waals surface area contributed by atoms with Crippen LogP contribution in [0.2, 0.25) is 0 Å². The van der Waals surface area contributed by atoms with Gasteiger partial charge in [0.1, 0.15) is 34.4 Å². The lowest BCUT2D eigenvalue weighted by Crippen LogP contribution is -2.25. The molecule has 0 unspecified atom stereocenters. The van der Waals surface area contributed by atoms with Crippen LogP contribution in [0.1, 0.15) is 33.5 Å². The summed E-state index contributed by atoms with van der Waals surface area (Å²) in [6.45, 7) is 0.374. The van der Waals surface area contributed by atoms with Crippen molar-refractivity contribution >= 4 is 23.5 Å². The fourth-order valence-electron chi connectivity index (χ4n) is 3.14. The second-order valence-corrected chi connectivity index (χ2v) is 7.94. The van der Waals surface area contributed by atoms with Gasteiger partial charge in [0, 0.05) is 30.0 Å². The van der Waals surface area contributed by atoms with E-state index in [-0.39, 0.29) is 29.5 Å². The number of rotatable bonds is 8. The molecule has 0 bridgehead atoms. The van der Waals surface area contributed by atoms with Gasteiger partial charge in [-0.1, -0.05) is 24.3 Å². The molecule has 0 radical (unpaired) electrons. The summed E-state index contributed by atoms with van der Waals surface area (Å²) in [5.74, 6) is -0.302. The SMILES string of the molecule is N#Cc1c(N)nc(SCc2cccc(C(=O)NCCCO)c2)c(C#N)c1-c1ccc(F)cc1. The van der Waals surface area contributed by atoms with E-state index in [2.05, 4.69) is 16.4 Å². The van der Waals surface area contributed by atoms with Gasteiger partial charge in [-0.15, -0.1) is 11.8 Å². The summed E-state index contributed by atoms with van der Waals surface area (Å²) < 4.78 is 13.4. The average Bonchev–Trinajstić information content (AvgIpc) is 2.83. The van der Waals surface area contributed by atoms with Crippen molar-refractivity contribution in [3.63, 3.8) is 0 Å². The third-order valence-electron chi connectivity index (χ3n) is 4.73. The van der Waals surface area contributed by atoms with Crippen LogP contribution in [-0.4, -0.2) is 29.1 Å². The molecule has 0 aliphatic rings. The number of aliphatic hydroxyl groups excluding tert-OH is 1. The Labute approximate surface area is 194 Å². The standard InChI is InChI=1S/C24H20FN5O2S/c25-18-7-5-16(6-8-18)21-19(12-26)22(28)30-24(20(21)13-27)33-14-15-3-1-4-17(11-15)23(32)29-9-2-10-31/h1,3-8,11,31H,2,9-10,14H2,(H2,28,30)(H,29,32). The number of anilines is 1. The normalized spacial score (nSPS) is 10.3. The number of pyridine rings is 1. The van der Waals surface area contributed by atoms with Gasteiger partial charge in [0.25, 0.3) is 5.91 Å². The highest BCUT2D eigenvalue weighted by molar-refractivity contribution is 7.98. The van der Waals surface area contributed by atoms with Crippen molar-refractivity contribution in [1.82, 2.24) is 10.3 Å². The summed E-state index contributed by atoms with van der Waals surface area (Å²) in [6.07, 6.45) is 0.473.